The third-order valence-corrected chi connectivity index (χ3v) is 2.76. The van der Waals surface area contributed by atoms with Crippen LogP contribution in [0.2, 0.25) is 0 Å². The quantitative estimate of drug-likeness (QED) is 0.609. The first-order valence-corrected chi connectivity index (χ1v) is 5.27. The van der Waals surface area contributed by atoms with Gasteiger partial charge in [0.15, 0.2) is 0 Å². The largest absolute Gasteiger partial charge is 0.296 e. The molecule has 0 saturated carbocycles. The summed E-state index contributed by atoms with van der Waals surface area (Å²) >= 11 is 3.28. The molecule has 4 heteroatoms. The summed E-state index contributed by atoms with van der Waals surface area (Å²) in [6, 6.07) is 8.77. The van der Waals surface area contributed by atoms with Crippen molar-refractivity contribution in [3.8, 4) is 0 Å². The van der Waals surface area contributed by atoms with Gasteiger partial charge in [0.1, 0.15) is 16.1 Å². The Balaban J connectivity index is 2.62. The van der Waals surface area contributed by atoms with E-state index in [4.69, 9.17) is 0 Å². The molecule has 0 unspecified atom stereocenters. The van der Waals surface area contributed by atoms with Crippen LogP contribution in [0.3, 0.4) is 0 Å². The molecule has 0 fully saturated rings. The summed E-state index contributed by atoms with van der Waals surface area (Å²) in [5.74, 6) is -0.233. The number of fused-ring (bicyclic) bond motifs is 3. The van der Waals surface area contributed by atoms with E-state index in [1.54, 1.807) is 16.7 Å². The lowest BCUT2D eigenvalue weighted by Crippen LogP contribution is -1.89. The highest BCUT2D eigenvalue weighted by Crippen LogP contribution is 2.21. The van der Waals surface area contributed by atoms with E-state index in [0.717, 1.165) is 11.0 Å². The van der Waals surface area contributed by atoms with E-state index in [0.29, 0.717) is 10.1 Å². The Morgan fingerprint density at radius 1 is 1.20 bits per heavy atom. The molecule has 15 heavy (non-hydrogen) atoms. The second-order valence-corrected chi connectivity index (χ2v) is 4.12. The van der Waals surface area contributed by atoms with Crippen molar-refractivity contribution >= 4 is 32.5 Å². The van der Waals surface area contributed by atoms with Gasteiger partial charge in [-0.3, -0.25) is 4.40 Å². The molecule has 0 bridgehead atoms. The van der Waals surface area contributed by atoms with Crippen molar-refractivity contribution < 1.29 is 4.39 Å². The highest BCUT2D eigenvalue weighted by Gasteiger charge is 2.06. The lowest BCUT2D eigenvalue weighted by Gasteiger charge is -2.02. The second kappa shape index (κ2) is 3.03. The van der Waals surface area contributed by atoms with Crippen molar-refractivity contribution in [2.45, 2.75) is 0 Å². The first-order valence-electron chi connectivity index (χ1n) is 4.47. The van der Waals surface area contributed by atoms with Gasteiger partial charge in [-0.05, 0) is 34.1 Å². The van der Waals surface area contributed by atoms with Gasteiger partial charge in [0.25, 0.3) is 0 Å². The van der Waals surface area contributed by atoms with Gasteiger partial charge in [0.05, 0.1) is 5.52 Å². The molecule has 0 aliphatic heterocycles. The van der Waals surface area contributed by atoms with Crippen molar-refractivity contribution in [3.05, 3.63) is 46.9 Å². The lowest BCUT2D eigenvalue weighted by atomic mass is 10.2. The summed E-state index contributed by atoms with van der Waals surface area (Å²) in [5, 5.41) is 0.868. The SMILES string of the molecule is Fc1cccc2ccc3nc(Br)cn3c12. The first-order chi connectivity index (χ1) is 7.25. The Morgan fingerprint density at radius 2 is 2.07 bits per heavy atom. The number of para-hydroxylation sites is 1. The van der Waals surface area contributed by atoms with E-state index < -0.39 is 0 Å². The van der Waals surface area contributed by atoms with Crippen LogP contribution in [0.25, 0.3) is 16.6 Å². The summed E-state index contributed by atoms with van der Waals surface area (Å²) < 4.78 is 16.1. The molecule has 2 aromatic heterocycles. The number of benzene rings is 1. The predicted molar refractivity (Wildman–Crippen MR) is 60.4 cm³/mol. The fourth-order valence-corrected chi connectivity index (χ4v) is 2.13. The molecule has 0 saturated heterocycles. The molecule has 3 rings (SSSR count). The summed E-state index contributed by atoms with van der Waals surface area (Å²) in [6.45, 7) is 0. The molecule has 1 aromatic carbocycles. The van der Waals surface area contributed by atoms with Gasteiger partial charge in [0.2, 0.25) is 0 Å². The minimum Gasteiger partial charge on any atom is -0.296 e. The molecule has 0 aliphatic carbocycles. The summed E-state index contributed by atoms with van der Waals surface area (Å²) in [7, 11) is 0. The monoisotopic (exact) mass is 264 g/mol. The maximum atomic E-state index is 13.7. The molecule has 2 heterocycles. The molecule has 0 amide bonds. The fourth-order valence-electron chi connectivity index (χ4n) is 1.75. The van der Waals surface area contributed by atoms with Crippen LogP contribution in [0, 0.1) is 5.82 Å². The van der Waals surface area contributed by atoms with Gasteiger partial charge in [-0.15, -0.1) is 0 Å². The topological polar surface area (TPSA) is 17.3 Å². The average molecular weight is 265 g/mol. The summed E-state index contributed by atoms with van der Waals surface area (Å²) in [4.78, 5) is 4.22. The summed E-state index contributed by atoms with van der Waals surface area (Å²) in [6.07, 6.45) is 1.76. The predicted octanol–water partition coefficient (Wildman–Crippen LogP) is 3.39. The maximum Gasteiger partial charge on any atom is 0.147 e. The molecule has 0 aliphatic rings. The van der Waals surface area contributed by atoms with E-state index in [2.05, 4.69) is 20.9 Å². The Bertz CT molecular complexity index is 660. The highest BCUT2D eigenvalue weighted by molar-refractivity contribution is 9.10. The van der Waals surface area contributed by atoms with Crippen LogP contribution >= 0.6 is 15.9 Å². The van der Waals surface area contributed by atoms with Crippen LogP contribution in [0.5, 0.6) is 0 Å². The number of nitrogens with zero attached hydrogens (tertiary/aromatic N) is 2. The van der Waals surface area contributed by atoms with Crippen LogP contribution in [0.15, 0.2) is 41.1 Å². The second-order valence-electron chi connectivity index (χ2n) is 3.30. The minimum atomic E-state index is -0.233. The number of aromatic nitrogens is 2. The standard InChI is InChI=1S/C11H6BrFN2/c12-9-6-15-10(14-9)5-4-7-2-1-3-8(13)11(7)15/h1-6H. The van der Waals surface area contributed by atoms with Gasteiger partial charge in [0, 0.05) is 11.6 Å². The molecule has 0 N–H and O–H groups in total. The van der Waals surface area contributed by atoms with Crippen molar-refractivity contribution in [2.75, 3.05) is 0 Å². The lowest BCUT2D eigenvalue weighted by molar-refractivity contribution is 0.635. The molecule has 3 aromatic rings. The number of pyridine rings is 1. The Labute approximate surface area is 93.5 Å². The zero-order chi connectivity index (χ0) is 10.4. The molecule has 74 valence electrons. The zero-order valence-electron chi connectivity index (χ0n) is 7.61. The number of hydrogen-bond acceptors (Lipinski definition) is 1. The molecule has 0 radical (unpaired) electrons. The van der Waals surface area contributed by atoms with E-state index in [1.807, 2.05) is 18.2 Å². The minimum absolute atomic E-state index is 0.233. The molecule has 2 nitrogen and oxygen atoms in total. The van der Waals surface area contributed by atoms with Crippen molar-refractivity contribution in [1.82, 2.24) is 9.38 Å². The third kappa shape index (κ3) is 1.25. The Morgan fingerprint density at radius 3 is 2.93 bits per heavy atom. The van der Waals surface area contributed by atoms with Gasteiger partial charge >= 0.3 is 0 Å². The number of rotatable bonds is 0. The molecule has 0 spiro atoms. The van der Waals surface area contributed by atoms with Crippen LogP contribution in [-0.2, 0) is 0 Å². The first kappa shape index (κ1) is 8.85. The number of imidazole rings is 1. The van der Waals surface area contributed by atoms with Crippen LogP contribution in [-0.4, -0.2) is 9.38 Å². The van der Waals surface area contributed by atoms with E-state index in [1.165, 1.54) is 6.07 Å². The maximum absolute atomic E-state index is 13.7. The number of halogens is 2. The van der Waals surface area contributed by atoms with Gasteiger partial charge < -0.3 is 0 Å². The number of hydrogen-bond donors (Lipinski definition) is 0. The van der Waals surface area contributed by atoms with Gasteiger partial charge in [-0.1, -0.05) is 12.1 Å². The van der Waals surface area contributed by atoms with Crippen molar-refractivity contribution in [1.29, 1.82) is 0 Å². The normalized spacial score (nSPS) is 11.3. The highest BCUT2D eigenvalue weighted by atomic mass is 79.9. The molecular formula is C11H6BrFN2. The van der Waals surface area contributed by atoms with Gasteiger partial charge in [-0.25, -0.2) is 9.37 Å². The van der Waals surface area contributed by atoms with Crippen LogP contribution in [0.1, 0.15) is 0 Å². The van der Waals surface area contributed by atoms with Gasteiger partial charge in [-0.2, -0.15) is 0 Å². The Hall–Kier alpha value is -1.42. The Kier molecular flexibility index (Phi) is 1.79. The average Bonchev–Trinajstić information content (AvgIpc) is 2.58. The molecular weight excluding hydrogens is 259 g/mol. The van der Waals surface area contributed by atoms with Crippen molar-refractivity contribution in [2.24, 2.45) is 0 Å². The zero-order valence-corrected chi connectivity index (χ0v) is 9.20. The van der Waals surface area contributed by atoms with E-state index in [9.17, 15) is 4.39 Å². The van der Waals surface area contributed by atoms with E-state index >= 15 is 0 Å². The summed E-state index contributed by atoms with van der Waals surface area (Å²) in [5.41, 5.74) is 1.30. The smallest absolute Gasteiger partial charge is 0.147 e. The van der Waals surface area contributed by atoms with Crippen molar-refractivity contribution in [3.63, 3.8) is 0 Å². The van der Waals surface area contributed by atoms with Crippen LogP contribution in [0.4, 0.5) is 4.39 Å². The molecule has 0 atom stereocenters. The van der Waals surface area contributed by atoms with Crippen LogP contribution < -0.4 is 0 Å². The van der Waals surface area contributed by atoms with E-state index in [-0.39, 0.29) is 5.82 Å². The fraction of sp³-hybridized carbons (Fsp3) is 0. The third-order valence-electron chi connectivity index (χ3n) is 2.37.